The first-order chi connectivity index (χ1) is 11.8. The molecule has 0 saturated carbocycles. The molecule has 0 bridgehead atoms. The molecule has 4 aromatic rings. The van der Waals surface area contributed by atoms with Gasteiger partial charge in [0.05, 0.1) is 30.1 Å². The van der Waals surface area contributed by atoms with Gasteiger partial charge in [-0.1, -0.05) is 11.8 Å². The van der Waals surface area contributed by atoms with Crippen LogP contribution in [0.25, 0.3) is 20.4 Å². The van der Waals surface area contributed by atoms with E-state index >= 15 is 0 Å². The molecule has 0 saturated heterocycles. The first kappa shape index (κ1) is 14.9. The summed E-state index contributed by atoms with van der Waals surface area (Å²) in [7, 11) is 0. The first-order valence-corrected chi connectivity index (χ1v) is 8.88. The van der Waals surface area contributed by atoms with E-state index in [0.717, 1.165) is 10.2 Å². The van der Waals surface area contributed by atoms with E-state index in [2.05, 4.69) is 16.0 Å². The third kappa shape index (κ3) is 2.48. The Morgan fingerprint density at radius 2 is 2.29 bits per heavy atom. The number of rotatable bonds is 4. The van der Waals surface area contributed by atoms with Crippen molar-refractivity contribution < 1.29 is 4.42 Å². The normalized spacial score (nSPS) is 11.1. The zero-order valence-corrected chi connectivity index (χ0v) is 13.9. The number of aromatic nitrogens is 3. The maximum Gasteiger partial charge on any atom is 0.272 e. The predicted molar refractivity (Wildman–Crippen MR) is 93.3 cm³/mol. The summed E-state index contributed by atoms with van der Waals surface area (Å²) in [4.78, 5) is 22.7. The third-order valence-corrected chi connectivity index (χ3v) is 5.41. The molecule has 0 aliphatic carbocycles. The van der Waals surface area contributed by atoms with Crippen molar-refractivity contribution >= 4 is 43.5 Å². The van der Waals surface area contributed by atoms with Gasteiger partial charge < -0.3 is 4.42 Å². The molecule has 24 heavy (non-hydrogen) atoms. The highest BCUT2D eigenvalue weighted by atomic mass is 32.2. The van der Waals surface area contributed by atoms with Crippen molar-refractivity contribution in [2.24, 2.45) is 0 Å². The fourth-order valence-corrected chi connectivity index (χ4v) is 4.13. The number of fused-ring (bicyclic) bond motifs is 3. The van der Waals surface area contributed by atoms with Gasteiger partial charge in [0.2, 0.25) is 0 Å². The lowest BCUT2D eigenvalue weighted by molar-refractivity contribution is 0.477. The van der Waals surface area contributed by atoms with E-state index in [9.17, 15) is 4.79 Å². The lowest BCUT2D eigenvalue weighted by Crippen LogP contribution is -2.23. The number of furan rings is 1. The molecular formula is C16H10N4O2S2. The van der Waals surface area contributed by atoms with Crippen molar-refractivity contribution in [3.63, 3.8) is 0 Å². The van der Waals surface area contributed by atoms with Crippen molar-refractivity contribution in [2.45, 2.75) is 11.7 Å². The van der Waals surface area contributed by atoms with Crippen LogP contribution in [-0.4, -0.2) is 20.3 Å². The smallest absolute Gasteiger partial charge is 0.272 e. The van der Waals surface area contributed by atoms with Gasteiger partial charge >= 0.3 is 0 Å². The number of thioether (sulfide) groups is 1. The Labute approximate surface area is 144 Å². The molecule has 0 unspecified atom stereocenters. The third-order valence-electron chi connectivity index (χ3n) is 3.48. The van der Waals surface area contributed by atoms with Crippen LogP contribution in [0.2, 0.25) is 0 Å². The maximum atomic E-state index is 13.0. The standard InChI is InChI=1S/C16H10N4O2S2/c17-5-8-23-16-19-12-11-4-1-6-18-14(11)24-13(12)15(21)20(16)9-10-3-2-7-22-10/h1-4,6-7H,8-9H2. The number of nitrogens with zero attached hydrogens (tertiary/aromatic N) is 4. The molecule has 0 atom stereocenters. The summed E-state index contributed by atoms with van der Waals surface area (Å²) in [5, 5.41) is 10.2. The zero-order chi connectivity index (χ0) is 16.5. The number of thiophene rings is 1. The summed E-state index contributed by atoms with van der Waals surface area (Å²) in [6.07, 6.45) is 3.27. The lowest BCUT2D eigenvalue weighted by atomic mass is 10.3. The second-order valence-electron chi connectivity index (χ2n) is 4.95. The Hall–Kier alpha value is -2.63. The van der Waals surface area contributed by atoms with Gasteiger partial charge in [0.15, 0.2) is 5.16 Å². The molecule has 0 amide bonds. The monoisotopic (exact) mass is 354 g/mol. The van der Waals surface area contributed by atoms with E-state index in [4.69, 9.17) is 9.68 Å². The molecule has 4 rings (SSSR count). The molecule has 0 aliphatic rings. The summed E-state index contributed by atoms with van der Waals surface area (Å²) >= 11 is 2.58. The second kappa shape index (κ2) is 6.11. The minimum Gasteiger partial charge on any atom is -0.467 e. The summed E-state index contributed by atoms with van der Waals surface area (Å²) in [5.41, 5.74) is 0.504. The van der Waals surface area contributed by atoms with Crippen LogP contribution in [0.15, 0.2) is 51.1 Å². The van der Waals surface area contributed by atoms with Gasteiger partial charge in [0, 0.05) is 11.6 Å². The van der Waals surface area contributed by atoms with Crippen molar-refractivity contribution in [1.29, 1.82) is 5.26 Å². The highest BCUT2D eigenvalue weighted by Crippen LogP contribution is 2.30. The predicted octanol–water partition coefficient (Wildman–Crippen LogP) is 3.26. The summed E-state index contributed by atoms with van der Waals surface area (Å²) < 4.78 is 7.47. The van der Waals surface area contributed by atoms with E-state index in [1.54, 1.807) is 23.1 Å². The maximum absolute atomic E-state index is 13.0. The fraction of sp³-hybridized carbons (Fsp3) is 0.125. The van der Waals surface area contributed by atoms with Crippen molar-refractivity contribution in [3.05, 3.63) is 52.8 Å². The van der Waals surface area contributed by atoms with Crippen LogP contribution in [0.3, 0.4) is 0 Å². The van der Waals surface area contributed by atoms with Gasteiger partial charge in [-0.25, -0.2) is 9.97 Å². The molecule has 0 radical (unpaired) electrons. The van der Waals surface area contributed by atoms with Gasteiger partial charge in [-0.3, -0.25) is 9.36 Å². The summed E-state index contributed by atoms with van der Waals surface area (Å²) in [5.74, 6) is 0.882. The van der Waals surface area contributed by atoms with Crippen molar-refractivity contribution in [2.75, 3.05) is 5.75 Å². The fourth-order valence-electron chi connectivity index (χ4n) is 2.45. The molecule has 0 aliphatic heterocycles. The van der Waals surface area contributed by atoms with E-state index in [-0.39, 0.29) is 17.9 Å². The highest BCUT2D eigenvalue weighted by molar-refractivity contribution is 7.99. The Balaban J connectivity index is 1.97. The molecule has 8 heteroatoms. The number of nitriles is 1. The molecule has 0 fully saturated rings. The first-order valence-electron chi connectivity index (χ1n) is 7.08. The molecular weight excluding hydrogens is 344 g/mol. The Morgan fingerprint density at radius 1 is 1.38 bits per heavy atom. The number of pyridine rings is 1. The van der Waals surface area contributed by atoms with Gasteiger partial charge in [0.1, 0.15) is 15.3 Å². The molecule has 0 spiro atoms. The lowest BCUT2D eigenvalue weighted by Gasteiger charge is -2.09. The van der Waals surface area contributed by atoms with Crippen LogP contribution in [0, 0.1) is 11.3 Å². The zero-order valence-electron chi connectivity index (χ0n) is 12.3. The number of hydrogen-bond donors (Lipinski definition) is 0. The molecule has 4 heterocycles. The minimum atomic E-state index is -0.139. The van der Waals surface area contributed by atoms with Gasteiger partial charge in [-0.15, -0.1) is 11.3 Å². The van der Waals surface area contributed by atoms with Crippen LogP contribution in [0.4, 0.5) is 0 Å². The molecule has 0 aromatic carbocycles. The van der Waals surface area contributed by atoms with Crippen molar-refractivity contribution in [3.8, 4) is 6.07 Å². The van der Waals surface area contributed by atoms with Crippen LogP contribution in [-0.2, 0) is 6.54 Å². The Kier molecular flexibility index (Phi) is 3.80. The van der Waals surface area contributed by atoms with Gasteiger partial charge in [-0.05, 0) is 24.3 Å². The Bertz CT molecular complexity index is 1120. The van der Waals surface area contributed by atoms with E-state index in [1.807, 2.05) is 18.2 Å². The van der Waals surface area contributed by atoms with Gasteiger partial charge in [-0.2, -0.15) is 5.26 Å². The van der Waals surface area contributed by atoms with Crippen LogP contribution >= 0.6 is 23.1 Å². The quantitative estimate of drug-likeness (QED) is 0.413. The van der Waals surface area contributed by atoms with E-state index in [1.165, 1.54) is 23.1 Å². The van der Waals surface area contributed by atoms with Crippen LogP contribution in [0.1, 0.15) is 5.76 Å². The van der Waals surface area contributed by atoms with E-state index < -0.39 is 0 Å². The molecule has 6 nitrogen and oxygen atoms in total. The molecule has 4 aromatic heterocycles. The average Bonchev–Trinajstić information content (AvgIpc) is 3.23. The van der Waals surface area contributed by atoms with Crippen LogP contribution < -0.4 is 5.56 Å². The van der Waals surface area contributed by atoms with Crippen molar-refractivity contribution in [1.82, 2.24) is 14.5 Å². The summed E-state index contributed by atoms with van der Waals surface area (Å²) in [6.45, 7) is 0.282. The molecule has 0 N–H and O–H groups in total. The largest absolute Gasteiger partial charge is 0.467 e. The molecule has 118 valence electrons. The van der Waals surface area contributed by atoms with E-state index in [0.29, 0.717) is 21.1 Å². The average molecular weight is 354 g/mol. The summed E-state index contributed by atoms with van der Waals surface area (Å²) in [6, 6.07) is 9.39. The van der Waals surface area contributed by atoms with Gasteiger partial charge in [0.25, 0.3) is 5.56 Å². The minimum absolute atomic E-state index is 0.139. The highest BCUT2D eigenvalue weighted by Gasteiger charge is 2.17. The second-order valence-corrected chi connectivity index (χ2v) is 6.89. The van der Waals surface area contributed by atoms with Crippen LogP contribution in [0.5, 0.6) is 0 Å². The number of hydrogen-bond acceptors (Lipinski definition) is 7. The SMILES string of the molecule is N#CCSc1nc2c(sc3ncccc32)c(=O)n1Cc1ccco1. The Morgan fingerprint density at radius 3 is 3.08 bits per heavy atom. The topological polar surface area (TPSA) is 84.7 Å².